The minimum atomic E-state index is -4.32. The molecule has 2 aliphatic rings. The van der Waals surface area contributed by atoms with Crippen molar-refractivity contribution in [3.8, 4) is 17.0 Å². The zero-order chi connectivity index (χ0) is 25.4. The van der Waals surface area contributed by atoms with E-state index in [0.717, 1.165) is 34.5 Å². The molecule has 1 aromatic heterocycles. The van der Waals surface area contributed by atoms with Crippen molar-refractivity contribution in [1.29, 1.82) is 0 Å². The molecule has 0 atom stereocenters. The van der Waals surface area contributed by atoms with Gasteiger partial charge in [-0.15, -0.1) is 0 Å². The van der Waals surface area contributed by atoms with Gasteiger partial charge in [-0.05, 0) is 54.4 Å². The molecule has 5 rings (SSSR count). The lowest BCUT2D eigenvalue weighted by Crippen LogP contribution is -2.53. The first-order chi connectivity index (χ1) is 17.2. The van der Waals surface area contributed by atoms with Crippen LogP contribution in [0.2, 0.25) is 0 Å². The number of β-amino-alcohol motifs (C(OH)–C–C–N with tert-alkyl or cyclic N) is 1. The fourth-order valence-electron chi connectivity index (χ4n) is 4.45. The fourth-order valence-corrected chi connectivity index (χ4v) is 4.45. The van der Waals surface area contributed by atoms with E-state index in [9.17, 15) is 23.1 Å². The van der Waals surface area contributed by atoms with Crippen molar-refractivity contribution >= 4 is 5.91 Å². The maximum atomic E-state index is 12.7. The van der Waals surface area contributed by atoms with Gasteiger partial charge in [-0.2, -0.15) is 13.2 Å². The molecule has 9 heteroatoms. The van der Waals surface area contributed by atoms with Crippen molar-refractivity contribution in [2.45, 2.75) is 31.9 Å². The van der Waals surface area contributed by atoms with Crippen LogP contribution in [0.5, 0.6) is 5.75 Å². The molecule has 0 unspecified atom stereocenters. The predicted octanol–water partition coefficient (Wildman–Crippen LogP) is 4.16. The van der Waals surface area contributed by atoms with Gasteiger partial charge in [-0.1, -0.05) is 18.2 Å². The van der Waals surface area contributed by atoms with Crippen LogP contribution in [0, 0.1) is 6.92 Å². The lowest BCUT2D eigenvalue weighted by Gasteiger charge is -2.39. The third-order valence-electron chi connectivity index (χ3n) is 6.55. The minimum absolute atomic E-state index is 0.000312. The highest BCUT2D eigenvalue weighted by Gasteiger charge is 2.32. The summed E-state index contributed by atoms with van der Waals surface area (Å²) in [5.41, 5.74) is 3.32. The predicted molar refractivity (Wildman–Crippen MR) is 127 cm³/mol. The van der Waals surface area contributed by atoms with Gasteiger partial charge in [0.1, 0.15) is 11.9 Å². The Bertz CT molecular complexity index is 1230. The number of aliphatic hydroxyl groups excluding tert-OH is 1. The Morgan fingerprint density at radius 2 is 1.78 bits per heavy atom. The van der Waals surface area contributed by atoms with Gasteiger partial charge in [-0.3, -0.25) is 14.7 Å². The second-order valence-electron chi connectivity index (χ2n) is 9.40. The van der Waals surface area contributed by atoms with Crippen LogP contribution in [0.25, 0.3) is 11.3 Å². The van der Waals surface area contributed by atoms with Gasteiger partial charge < -0.3 is 14.7 Å². The molecule has 6 nitrogen and oxygen atoms in total. The summed E-state index contributed by atoms with van der Waals surface area (Å²) >= 11 is 0. The molecule has 3 aromatic rings. The number of carbonyl (C=O) groups is 1. The number of amides is 1. The smallest absolute Gasteiger partial charge is 0.416 e. The van der Waals surface area contributed by atoms with Crippen molar-refractivity contribution in [2.24, 2.45) is 0 Å². The third-order valence-corrected chi connectivity index (χ3v) is 6.55. The molecule has 0 saturated carbocycles. The number of rotatable bonds is 6. The molecule has 188 valence electrons. The summed E-state index contributed by atoms with van der Waals surface area (Å²) in [4.78, 5) is 20.8. The maximum absolute atomic E-state index is 12.7. The van der Waals surface area contributed by atoms with Crippen molar-refractivity contribution in [3.05, 3.63) is 83.0 Å². The van der Waals surface area contributed by atoms with E-state index in [-0.39, 0.29) is 12.0 Å². The number of aryl methyl sites for hydroxylation is 1. The largest absolute Gasteiger partial charge is 0.486 e. The molecule has 0 spiro atoms. The number of hydrogen-bond acceptors (Lipinski definition) is 5. The van der Waals surface area contributed by atoms with Gasteiger partial charge >= 0.3 is 6.18 Å². The molecule has 3 heterocycles. The van der Waals surface area contributed by atoms with E-state index in [1.165, 1.54) is 12.1 Å². The monoisotopic (exact) mass is 497 g/mol. The second kappa shape index (κ2) is 9.55. The average molecular weight is 498 g/mol. The van der Waals surface area contributed by atoms with E-state index >= 15 is 0 Å². The fraction of sp³-hybridized carbons (Fsp3) is 0.333. The van der Waals surface area contributed by atoms with E-state index in [1.54, 1.807) is 17.2 Å². The Labute approximate surface area is 206 Å². The molecule has 0 bridgehead atoms. The van der Waals surface area contributed by atoms with E-state index in [1.807, 2.05) is 31.2 Å². The number of alkyl halides is 3. The Morgan fingerprint density at radius 1 is 1.06 bits per heavy atom. The van der Waals surface area contributed by atoms with Crippen LogP contribution in [0.15, 0.2) is 60.8 Å². The van der Waals surface area contributed by atoms with Crippen LogP contribution >= 0.6 is 0 Å². The third kappa shape index (κ3) is 5.22. The lowest BCUT2D eigenvalue weighted by molar-refractivity contribution is -0.137. The number of hydrogen-bond donors (Lipinski definition) is 1. The molecule has 0 radical (unpaired) electrons. The van der Waals surface area contributed by atoms with Crippen molar-refractivity contribution in [1.82, 2.24) is 14.8 Å². The quantitative estimate of drug-likeness (QED) is 0.554. The Morgan fingerprint density at radius 3 is 2.36 bits per heavy atom. The number of benzene rings is 2. The summed E-state index contributed by atoms with van der Waals surface area (Å²) in [6.45, 7) is 4.58. The number of halogens is 3. The van der Waals surface area contributed by atoms with Gasteiger partial charge in [0.2, 0.25) is 0 Å². The number of likely N-dealkylation sites (tertiary alicyclic amines) is 2. The molecule has 2 saturated heterocycles. The van der Waals surface area contributed by atoms with Crippen molar-refractivity contribution in [3.63, 3.8) is 0 Å². The number of aliphatic hydroxyl groups is 1. The molecule has 1 amide bonds. The summed E-state index contributed by atoms with van der Waals surface area (Å²) in [6.07, 6.45) is -3.08. The molecular formula is C27H26F3N3O3. The van der Waals surface area contributed by atoms with E-state index in [4.69, 9.17) is 4.74 Å². The van der Waals surface area contributed by atoms with E-state index in [0.29, 0.717) is 44.0 Å². The first-order valence-electron chi connectivity index (χ1n) is 11.8. The van der Waals surface area contributed by atoms with Crippen LogP contribution in [-0.4, -0.2) is 64.2 Å². The highest BCUT2D eigenvalue weighted by atomic mass is 19.4. The van der Waals surface area contributed by atoms with Gasteiger partial charge in [-0.25, -0.2) is 0 Å². The Hall–Kier alpha value is -3.43. The van der Waals surface area contributed by atoms with Crippen molar-refractivity contribution in [2.75, 3.05) is 26.2 Å². The second-order valence-corrected chi connectivity index (χ2v) is 9.40. The summed E-state index contributed by atoms with van der Waals surface area (Å²) in [5, 5.41) is 9.43. The topological polar surface area (TPSA) is 65.9 Å². The van der Waals surface area contributed by atoms with Gasteiger partial charge in [0.15, 0.2) is 0 Å². The van der Waals surface area contributed by atoms with Crippen LogP contribution < -0.4 is 4.74 Å². The average Bonchev–Trinajstić information content (AvgIpc) is 2.80. The summed E-state index contributed by atoms with van der Waals surface area (Å²) in [6, 6.07) is 14.6. The molecule has 2 aromatic carbocycles. The van der Waals surface area contributed by atoms with Gasteiger partial charge in [0, 0.05) is 43.9 Å². The van der Waals surface area contributed by atoms with Crippen LogP contribution in [0.3, 0.4) is 0 Å². The van der Waals surface area contributed by atoms with E-state index in [2.05, 4.69) is 9.88 Å². The first-order valence-corrected chi connectivity index (χ1v) is 11.8. The summed E-state index contributed by atoms with van der Waals surface area (Å²) in [7, 11) is 0. The normalized spacial score (nSPS) is 17.0. The van der Waals surface area contributed by atoms with Gasteiger partial charge in [0.05, 0.1) is 23.6 Å². The SMILES string of the molecule is Cc1cc(-c2ccc(OC3CN(Cc4ccc(C(F)(F)F)cc4)C3)cn2)ccc1C(=O)N1CC(O)C1. The van der Waals surface area contributed by atoms with Crippen LogP contribution in [-0.2, 0) is 12.7 Å². The molecular weight excluding hydrogens is 471 g/mol. The van der Waals surface area contributed by atoms with Crippen LogP contribution in [0.4, 0.5) is 13.2 Å². The Kier molecular flexibility index (Phi) is 6.44. The highest BCUT2D eigenvalue weighted by molar-refractivity contribution is 5.96. The highest BCUT2D eigenvalue weighted by Crippen LogP contribution is 2.30. The number of nitrogens with zero attached hydrogens (tertiary/aromatic N) is 3. The standard InChI is InChI=1S/C27H26F3N3O3/c1-17-10-19(4-8-24(17)26(35)33-13-21(34)14-33)25-9-7-22(11-31-25)36-23-15-32(16-23)12-18-2-5-20(6-3-18)27(28,29)30/h2-11,21,23,34H,12-16H2,1H3. The number of ether oxygens (including phenoxy) is 1. The number of carbonyl (C=O) groups excluding carboxylic acids is 1. The number of pyridine rings is 1. The van der Waals surface area contributed by atoms with Crippen LogP contribution in [0.1, 0.15) is 27.0 Å². The van der Waals surface area contributed by atoms with Crippen molar-refractivity contribution < 1.29 is 27.8 Å². The minimum Gasteiger partial charge on any atom is -0.486 e. The zero-order valence-electron chi connectivity index (χ0n) is 19.7. The molecule has 0 aliphatic carbocycles. The van der Waals surface area contributed by atoms with Gasteiger partial charge in [0.25, 0.3) is 5.91 Å². The summed E-state index contributed by atoms with van der Waals surface area (Å²) < 4.78 is 44.1. The zero-order valence-corrected chi connectivity index (χ0v) is 19.7. The molecule has 2 fully saturated rings. The maximum Gasteiger partial charge on any atom is 0.416 e. The van der Waals surface area contributed by atoms with E-state index < -0.39 is 17.8 Å². The summed E-state index contributed by atoms with van der Waals surface area (Å²) in [5.74, 6) is 0.576. The molecule has 2 aliphatic heterocycles. The Balaban J connectivity index is 1.12. The first kappa shape index (κ1) is 24.3. The molecule has 36 heavy (non-hydrogen) atoms. The molecule has 1 N–H and O–H groups in total. The number of aromatic nitrogens is 1. The lowest BCUT2D eigenvalue weighted by atomic mass is 10.0.